The van der Waals surface area contributed by atoms with Crippen molar-refractivity contribution < 1.29 is 14.3 Å². The van der Waals surface area contributed by atoms with Gasteiger partial charge in [-0.25, -0.2) is 0 Å². The van der Waals surface area contributed by atoms with Crippen LogP contribution in [-0.2, 0) is 9.22 Å². The second-order valence-corrected chi connectivity index (χ2v) is 11.7. The maximum absolute atomic E-state index is 11.5. The average molecular weight is 305 g/mol. The first kappa shape index (κ1) is 19.6. The van der Waals surface area contributed by atoms with Gasteiger partial charge in [0.15, 0.2) is 8.32 Å². The van der Waals surface area contributed by atoms with Crippen LogP contribution in [0.2, 0.25) is 18.1 Å². The maximum Gasteiger partial charge on any atom is 0.323 e. The van der Waals surface area contributed by atoms with Gasteiger partial charge >= 0.3 is 5.97 Å². The van der Waals surface area contributed by atoms with Crippen molar-refractivity contribution in [2.24, 2.45) is 5.92 Å². The van der Waals surface area contributed by atoms with E-state index < -0.39 is 20.3 Å². The molecule has 0 aliphatic rings. The number of rotatable bonds is 8. The van der Waals surface area contributed by atoms with Crippen molar-refractivity contribution in [3.8, 4) is 0 Å². The summed E-state index contributed by atoms with van der Waals surface area (Å²) >= 11 is 0. The zero-order valence-electron chi connectivity index (χ0n) is 14.2. The highest BCUT2D eigenvalue weighted by molar-refractivity contribution is 6.74. The molecule has 20 heavy (non-hydrogen) atoms. The molecule has 6 heteroatoms. The molecule has 0 saturated carbocycles. The van der Waals surface area contributed by atoms with Gasteiger partial charge < -0.3 is 20.2 Å². The number of likely N-dealkylation sites (N-methyl/N-ethyl adjacent to an activating group) is 1. The number of nitrogens with one attached hydrogen (secondary N) is 2. The van der Waals surface area contributed by atoms with Gasteiger partial charge in [-0.05, 0) is 44.7 Å². The molecule has 0 aromatic rings. The Morgan fingerprint density at radius 2 is 1.80 bits per heavy atom. The Morgan fingerprint density at radius 3 is 2.10 bits per heavy atom. The van der Waals surface area contributed by atoms with Gasteiger partial charge in [-0.15, -0.1) is 0 Å². The van der Waals surface area contributed by atoms with Gasteiger partial charge in [0.25, 0.3) is 0 Å². The van der Waals surface area contributed by atoms with Crippen LogP contribution in [-0.4, -0.2) is 52.2 Å². The second kappa shape index (κ2) is 7.54. The van der Waals surface area contributed by atoms with E-state index in [0.29, 0.717) is 0 Å². The van der Waals surface area contributed by atoms with E-state index in [1.165, 1.54) is 0 Å². The fourth-order valence-electron chi connectivity index (χ4n) is 1.90. The molecule has 3 N–H and O–H groups in total. The van der Waals surface area contributed by atoms with E-state index in [2.05, 4.69) is 44.5 Å². The first-order valence-electron chi connectivity index (χ1n) is 7.20. The summed E-state index contributed by atoms with van der Waals surface area (Å²) in [6, 6.07) is -0.688. The normalized spacial score (nSPS) is 17.6. The molecule has 0 unspecified atom stereocenters. The first-order valence-corrected chi connectivity index (χ1v) is 10.1. The van der Waals surface area contributed by atoms with E-state index in [-0.39, 0.29) is 17.1 Å². The lowest BCUT2D eigenvalue weighted by atomic mass is 9.98. The molecule has 0 heterocycles. The third-order valence-electron chi connectivity index (χ3n) is 4.23. The summed E-state index contributed by atoms with van der Waals surface area (Å²) in [4.78, 5) is 11.5. The summed E-state index contributed by atoms with van der Waals surface area (Å²) in [5.74, 6) is -0.748. The molecule has 0 spiro atoms. The molecular weight excluding hydrogens is 272 g/mol. The SMILES string of the molecule is CNC[C@@H](C)[C@@H](O[Si](C)(C)C(C)(C)C)[C@H](NC)C(=O)O. The molecule has 120 valence electrons. The van der Waals surface area contributed by atoms with Gasteiger partial charge in [0, 0.05) is 0 Å². The fraction of sp³-hybridized carbons (Fsp3) is 0.929. The highest BCUT2D eigenvalue weighted by atomic mass is 28.4. The summed E-state index contributed by atoms with van der Waals surface area (Å²) in [6.07, 6.45) is -0.342. The number of hydrogen-bond acceptors (Lipinski definition) is 4. The van der Waals surface area contributed by atoms with Crippen LogP contribution in [0.15, 0.2) is 0 Å². The van der Waals surface area contributed by atoms with Crippen LogP contribution in [0.5, 0.6) is 0 Å². The minimum absolute atomic E-state index is 0.0570. The van der Waals surface area contributed by atoms with E-state index in [9.17, 15) is 9.90 Å². The highest BCUT2D eigenvalue weighted by Crippen LogP contribution is 2.38. The fourth-order valence-corrected chi connectivity index (χ4v) is 3.30. The van der Waals surface area contributed by atoms with E-state index in [1.54, 1.807) is 7.05 Å². The van der Waals surface area contributed by atoms with Crippen LogP contribution >= 0.6 is 0 Å². The van der Waals surface area contributed by atoms with Crippen LogP contribution in [0.3, 0.4) is 0 Å². The Morgan fingerprint density at radius 1 is 1.30 bits per heavy atom. The lowest BCUT2D eigenvalue weighted by Crippen LogP contribution is -2.56. The van der Waals surface area contributed by atoms with Crippen LogP contribution in [0.25, 0.3) is 0 Å². The molecule has 0 radical (unpaired) electrons. The number of hydrogen-bond donors (Lipinski definition) is 3. The second-order valence-electron chi connectivity index (χ2n) is 6.98. The molecule has 0 fully saturated rings. The third kappa shape index (κ3) is 5.16. The third-order valence-corrected chi connectivity index (χ3v) is 8.70. The Bertz CT molecular complexity index is 316. The largest absolute Gasteiger partial charge is 0.480 e. The Kier molecular flexibility index (Phi) is 7.38. The lowest BCUT2D eigenvalue weighted by Gasteiger charge is -2.42. The van der Waals surface area contributed by atoms with E-state index in [0.717, 1.165) is 6.54 Å². The predicted octanol–water partition coefficient (Wildman–Crippen LogP) is 1.90. The minimum atomic E-state index is -2.02. The summed E-state index contributed by atoms with van der Waals surface area (Å²) in [6.45, 7) is 13.5. The summed E-state index contributed by atoms with van der Waals surface area (Å²) in [7, 11) is 1.53. The molecule has 0 aromatic carbocycles. The van der Waals surface area contributed by atoms with Crippen molar-refractivity contribution in [2.45, 2.75) is 58.0 Å². The first-order chi connectivity index (χ1) is 8.97. The van der Waals surface area contributed by atoms with Crippen molar-refractivity contribution in [3.05, 3.63) is 0 Å². The van der Waals surface area contributed by atoms with Crippen molar-refractivity contribution >= 4 is 14.3 Å². The quantitative estimate of drug-likeness (QED) is 0.598. The lowest BCUT2D eigenvalue weighted by molar-refractivity contribution is -0.142. The minimum Gasteiger partial charge on any atom is -0.480 e. The zero-order valence-corrected chi connectivity index (χ0v) is 15.2. The molecule has 0 bridgehead atoms. The van der Waals surface area contributed by atoms with Gasteiger partial charge in [0.1, 0.15) is 6.04 Å². The summed E-state index contributed by atoms with van der Waals surface area (Å²) in [5.41, 5.74) is 0. The standard InChI is InChI=1S/C14H32N2O3Si/c1-10(9-15-5)12(11(16-6)13(17)18)19-20(7,8)14(2,3)4/h10-12,15-16H,9H2,1-8H3,(H,17,18)/t10-,11+,12-/m1/s1. The van der Waals surface area contributed by atoms with Crippen molar-refractivity contribution in [1.29, 1.82) is 0 Å². The number of aliphatic carboxylic acids is 1. The molecule has 3 atom stereocenters. The molecule has 0 aromatic heterocycles. The van der Waals surface area contributed by atoms with Crippen molar-refractivity contribution in [2.75, 3.05) is 20.6 Å². The molecule has 5 nitrogen and oxygen atoms in total. The van der Waals surface area contributed by atoms with Crippen LogP contribution in [0.4, 0.5) is 0 Å². The van der Waals surface area contributed by atoms with Gasteiger partial charge in [-0.3, -0.25) is 4.79 Å². The molecule has 0 aliphatic heterocycles. The Balaban J connectivity index is 5.28. The molecule has 0 amide bonds. The number of carbonyl (C=O) groups is 1. The van der Waals surface area contributed by atoms with E-state index in [1.807, 2.05) is 14.0 Å². The summed E-state index contributed by atoms with van der Waals surface area (Å²) in [5, 5.41) is 15.5. The topological polar surface area (TPSA) is 70.6 Å². The molecular formula is C14H32N2O3Si. The van der Waals surface area contributed by atoms with Crippen molar-refractivity contribution in [1.82, 2.24) is 10.6 Å². The van der Waals surface area contributed by atoms with Crippen LogP contribution in [0.1, 0.15) is 27.7 Å². The monoisotopic (exact) mass is 304 g/mol. The van der Waals surface area contributed by atoms with Crippen molar-refractivity contribution in [3.63, 3.8) is 0 Å². The predicted molar refractivity (Wildman–Crippen MR) is 85.6 cm³/mol. The number of carboxylic acid groups (broad SMARTS) is 1. The maximum atomic E-state index is 11.5. The van der Waals surface area contributed by atoms with E-state index >= 15 is 0 Å². The highest BCUT2D eigenvalue weighted by Gasteiger charge is 2.43. The Hall–Kier alpha value is -0.433. The smallest absolute Gasteiger partial charge is 0.323 e. The van der Waals surface area contributed by atoms with Gasteiger partial charge in [0.05, 0.1) is 6.10 Å². The van der Waals surface area contributed by atoms with Crippen LogP contribution in [0, 0.1) is 5.92 Å². The molecule has 0 aliphatic carbocycles. The Labute approximate surface area is 124 Å². The number of carboxylic acids is 1. The van der Waals surface area contributed by atoms with Gasteiger partial charge in [0.2, 0.25) is 0 Å². The van der Waals surface area contributed by atoms with E-state index in [4.69, 9.17) is 4.43 Å². The average Bonchev–Trinajstić information content (AvgIpc) is 2.26. The molecule has 0 rings (SSSR count). The summed E-state index contributed by atoms with van der Waals surface area (Å²) < 4.78 is 6.39. The molecule has 0 saturated heterocycles. The van der Waals surface area contributed by atoms with Crippen LogP contribution < -0.4 is 10.6 Å². The zero-order chi connectivity index (χ0) is 16.1. The van der Waals surface area contributed by atoms with Gasteiger partial charge in [-0.2, -0.15) is 0 Å². The van der Waals surface area contributed by atoms with Gasteiger partial charge in [-0.1, -0.05) is 27.7 Å².